The van der Waals surface area contributed by atoms with Gasteiger partial charge < -0.3 is 10.4 Å². The second-order valence-corrected chi connectivity index (χ2v) is 8.79. The van der Waals surface area contributed by atoms with E-state index in [2.05, 4.69) is 5.32 Å². The molecule has 2 N–H and O–H groups in total. The van der Waals surface area contributed by atoms with E-state index >= 15 is 0 Å². The van der Waals surface area contributed by atoms with E-state index in [4.69, 9.17) is 5.11 Å². The number of aromatic nitrogens is 1. The highest BCUT2D eigenvalue weighted by Crippen LogP contribution is 2.36. The molecule has 0 aliphatic rings. The molecule has 0 saturated carbocycles. The first-order valence-corrected chi connectivity index (χ1v) is 11.1. The molecule has 3 aromatic rings. The molecule has 1 heterocycles. The molecule has 0 spiro atoms. The van der Waals surface area contributed by atoms with Crippen molar-refractivity contribution in [2.75, 3.05) is 6.67 Å². The highest BCUT2D eigenvalue weighted by atomic mass is 19.4. The van der Waals surface area contributed by atoms with Crippen molar-refractivity contribution in [2.24, 2.45) is 11.8 Å². The van der Waals surface area contributed by atoms with Gasteiger partial charge in [-0.1, -0.05) is 38.1 Å². The molecule has 0 bridgehead atoms. The molecule has 0 aliphatic heterocycles. The van der Waals surface area contributed by atoms with Gasteiger partial charge >= 0.3 is 12.1 Å². The molecule has 2 unspecified atom stereocenters. The Bertz CT molecular complexity index is 1330. The summed E-state index contributed by atoms with van der Waals surface area (Å²) in [5.74, 6) is -5.59. The van der Waals surface area contributed by atoms with Crippen molar-refractivity contribution in [1.29, 1.82) is 0 Å². The van der Waals surface area contributed by atoms with Crippen molar-refractivity contribution in [3.63, 3.8) is 0 Å². The third-order valence-electron chi connectivity index (χ3n) is 6.00. The van der Waals surface area contributed by atoms with Crippen LogP contribution in [0.1, 0.15) is 37.0 Å². The van der Waals surface area contributed by atoms with Crippen molar-refractivity contribution in [3.05, 3.63) is 48.0 Å². The van der Waals surface area contributed by atoms with Crippen LogP contribution in [0.5, 0.6) is 0 Å². The number of carboxylic acid groups (broad SMARTS) is 1. The monoisotopic (exact) mass is 508 g/mol. The molecule has 1 aromatic heterocycles. The van der Waals surface area contributed by atoms with Crippen molar-refractivity contribution >= 4 is 45.4 Å². The van der Waals surface area contributed by atoms with Crippen LogP contribution in [0.25, 0.3) is 21.8 Å². The van der Waals surface area contributed by atoms with Gasteiger partial charge in [0.2, 0.25) is 11.8 Å². The number of nitrogens with zero attached hydrogens (tertiary/aromatic N) is 1. The largest absolute Gasteiger partial charge is 0.481 e. The predicted octanol–water partition coefficient (Wildman–Crippen LogP) is 4.61. The Balaban J connectivity index is 2.01. The Kier molecular flexibility index (Phi) is 7.80. The number of nitrogens with one attached hydrogen (secondary N) is 1. The number of carbonyl (C=O) groups excluding carboxylic acids is 3. The number of para-hydroxylation sites is 1. The van der Waals surface area contributed by atoms with Crippen LogP contribution in [0.2, 0.25) is 0 Å². The van der Waals surface area contributed by atoms with Gasteiger partial charge in [0.05, 0.1) is 23.0 Å². The van der Waals surface area contributed by atoms with Gasteiger partial charge in [-0.3, -0.25) is 23.7 Å². The number of hydrogen-bond acceptors (Lipinski definition) is 4. The lowest BCUT2D eigenvalue weighted by atomic mass is 9.90. The maximum atomic E-state index is 13.4. The molecular formula is C25H24F4N2O5. The molecule has 192 valence electrons. The zero-order chi connectivity index (χ0) is 26.8. The summed E-state index contributed by atoms with van der Waals surface area (Å²) >= 11 is 0. The van der Waals surface area contributed by atoms with E-state index in [1.54, 1.807) is 38.1 Å². The summed E-state index contributed by atoms with van der Waals surface area (Å²) in [5, 5.41) is 12.2. The Morgan fingerprint density at radius 3 is 2.19 bits per heavy atom. The van der Waals surface area contributed by atoms with Gasteiger partial charge in [0.15, 0.2) is 5.78 Å². The fraction of sp³-hybridized carbons (Fsp3) is 0.360. The van der Waals surface area contributed by atoms with E-state index in [9.17, 15) is 36.7 Å². The number of rotatable bonds is 9. The van der Waals surface area contributed by atoms with Crippen LogP contribution in [0.4, 0.5) is 17.6 Å². The third kappa shape index (κ3) is 5.55. The number of carbonyl (C=O) groups is 4. The Morgan fingerprint density at radius 1 is 0.972 bits per heavy atom. The number of carboxylic acids is 1. The molecule has 7 nitrogen and oxygen atoms in total. The normalized spacial score (nSPS) is 13.6. The number of hydrogen-bond donors (Lipinski definition) is 2. The molecule has 0 aliphatic carbocycles. The van der Waals surface area contributed by atoms with Crippen LogP contribution in [-0.4, -0.2) is 46.0 Å². The van der Waals surface area contributed by atoms with Gasteiger partial charge in [-0.05, 0) is 24.1 Å². The van der Waals surface area contributed by atoms with Crippen LogP contribution in [-0.2, 0) is 20.6 Å². The summed E-state index contributed by atoms with van der Waals surface area (Å²) in [6, 6.07) is 8.03. The number of Topliss-reactive ketones (excluding diaryl/α,β-unsaturated/α-hetero) is 1. The number of fused-ring (bicyclic) bond motifs is 3. The van der Waals surface area contributed by atoms with Crippen molar-refractivity contribution in [2.45, 2.75) is 38.9 Å². The predicted molar refractivity (Wildman–Crippen MR) is 123 cm³/mol. The third-order valence-corrected chi connectivity index (χ3v) is 6.00. The van der Waals surface area contributed by atoms with Gasteiger partial charge in [0.1, 0.15) is 12.7 Å². The molecule has 3 rings (SSSR count). The van der Waals surface area contributed by atoms with Crippen LogP contribution < -0.4 is 5.32 Å². The molecule has 0 fully saturated rings. The molecule has 1 amide bonds. The second kappa shape index (κ2) is 10.5. The van der Waals surface area contributed by atoms with E-state index < -0.39 is 72.7 Å². The topological polar surface area (TPSA) is 105 Å². The fourth-order valence-electron chi connectivity index (χ4n) is 4.12. The summed E-state index contributed by atoms with van der Waals surface area (Å²) in [6.45, 7) is 1.76. The van der Waals surface area contributed by atoms with Gasteiger partial charge in [-0.25, -0.2) is 4.39 Å². The molecule has 36 heavy (non-hydrogen) atoms. The number of benzene rings is 2. The smallest absolute Gasteiger partial charge is 0.416 e. The van der Waals surface area contributed by atoms with E-state index in [-0.39, 0.29) is 5.52 Å². The quantitative estimate of drug-likeness (QED) is 0.411. The van der Waals surface area contributed by atoms with Gasteiger partial charge in [0, 0.05) is 23.1 Å². The van der Waals surface area contributed by atoms with E-state index in [0.29, 0.717) is 16.3 Å². The van der Waals surface area contributed by atoms with Crippen molar-refractivity contribution in [3.8, 4) is 0 Å². The van der Waals surface area contributed by atoms with Crippen LogP contribution in [0, 0.1) is 11.8 Å². The second-order valence-electron chi connectivity index (χ2n) is 8.79. The van der Waals surface area contributed by atoms with E-state index in [1.165, 1.54) is 6.07 Å². The zero-order valence-corrected chi connectivity index (χ0v) is 19.4. The SMILES string of the molecule is CC(C)C(CC(=O)n1c2ccccc2c2ccc(C(F)(F)F)cc21)C(=O)NC(CC(=O)O)C(=O)CF. The van der Waals surface area contributed by atoms with Gasteiger partial charge in [-0.2, -0.15) is 13.2 Å². The highest BCUT2D eigenvalue weighted by Gasteiger charge is 2.33. The minimum atomic E-state index is -4.64. The van der Waals surface area contributed by atoms with Crippen LogP contribution in [0.3, 0.4) is 0 Å². The Morgan fingerprint density at radius 2 is 1.61 bits per heavy atom. The minimum absolute atomic E-state index is 0.0234. The first kappa shape index (κ1) is 26.8. The molecular weight excluding hydrogens is 484 g/mol. The first-order valence-electron chi connectivity index (χ1n) is 11.1. The summed E-state index contributed by atoms with van der Waals surface area (Å²) in [5.41, 5.74) is -0.558. The summed E-state index contributed by atoms with van der Waals surface area (Å²) in [7, 11) is 0. The van der Waals surface area contributed by atoms with E-state index in [0.717, 1.165) is 16.7 Å². The number of aliphatic carboxylic acids is 1. The average molecular weight is 508 g/mol. The number of amides is 1. The number of halogens is 4. The van der Waals surface area contributed by atoms with Gasteiger partial charge in [0.25, 0.3) is 0 Å². The lowest BCUT2D eigenvalue weighted by Gasteiger charge is -2.23. The summed E-state index contributed by atoms with van der Waals surface area (Å²) in [4.78, 5) is 49.2. The first-order chi connectivity index (χ1) is 16.8. The lowest BCUT2D eigenvalue weighted by molar-refractivity contribution is -0.141. The molecule has 11 heteroatoms. The number of ketones is 1. The summed E-state index contributed by atoms with van der Waals surface area (Å²) < 4.78 is 54.2. The van der Waals surface area contributed by atoms with Gasteiger partial charge in [-0.15, -0.1) is 0 Å². The Labute approximate surface area is 203 Å². The van der Waals surface area contributed by atoms with E-state index in [1.807, 2.05) is 0 Å². The fourth-order valence-corrected chi connectivity index (χ4v) is 4.12. The molecule has 2 aromatic carbocycles. The number of alkyl halides is 4. The molecule has 2 atom stereocenters. The van der Waals surface area contributed by atoms with Crippen molar-refractivity contribution < 1.29 is 41.8 Å². The van der Waals surface area contributed by atoms with Crippen LogP contribution >= 0.6 is 0 Å². The average Bonchev–Trinajstić information content (AvgIpc) is 3.14. The minimum Gasteiger partial charge on any atom is -0.481 e. The Hall–Kier alpha value is -3.76. The van der Waals surface area contributed by atoms with Crippen LogP contribution in [0.15, 0.2) is 42.5 Å². The molecule has 0 saturated heterocycles. The lowest BCUT2D eigenvalue weighted by Crippen LogP contribution is -2.47. The standard InChI is InChI=1S/C25H24F4N2O5/c1-13(2)17(24(36)30-18(11-23(34)35)21(32)12-26)10-22(33)31-19-6-4-3-5-15(19)16-8-7-14(9-20(16)31)25(27,28)29/h3-9,13,17-18H,10-12H2,1-2H3,(H,30,36)(H,34,35). The maximum absolute atomic E-state index is 13.4. The highest BCUT2D eigenvalue weighted by molar-refractivity contribution is 6.13. The summed E-state index contributed by atoms with van der Waals surface area (Å²) in [6.07, 6.45) is -5.92. The maximum Gasteiger partial charge on any atom is 0.416 e. The van der Waals surface area contributed by atoms with Crippen molar-refractivity contribution in [1.82, 2.24) is 9.88 Å². The zero-order valence-electron chi connectivity index (χ0n) is 19.4. The molecule has 0 radical (unpaired) electrons.